The molecule has 3 rings (SSSR count). The number of nitrogens with one attached hydrogen (secondary N) is 1. The van der Waals surface area contributed by atoms with Crippen molar-refractivity contribution in [3.05, 3.63) is 69.6 Å². The monoisotopic (exact) mass is 393 g/mol. The minimum Gasteiger partial charge on any atom is -0.353 e. The molecule has 0 bridgehead atoms. The smallest absolute Gasteiger partial charge is 0.353 e. The number of hydrogen-bond acceptors (Lipinski definition) is 3. The first kappa shape index (κ1) is 20.1. The Labute approximate surface area is 160 Å². The van der Waals surface area contributed by atoms with Crippen LogP contribution in [0.2, 0.25) is 0 Å². The molecule has 5 nitrogen and oxygen atoms in total. The highest BCUT2D eigenvalue weighted by Gasteiger charge is 2.34. The average molecular weight is 393 g/mol. The molecule has 1 aliphatic heterocycles. The number of rotatable bonds is 5. The maximum atomic E-state index is 12.8. The molecular formula is C20H22F3N3O2. The lowest BCUT2D eigenvalue weighted by atomic mass is 9.99. The van der Waals surface area contributed by atoms with Crippen LogP contribution in [0.1, 0.15) is 23.6 Å². The number of alkyl halides is 3. The van der Waals surface area contributed by atoms with Gasteiger partial charge in [0.2, 0.25) is 5.91 Å². The molecule has 2 heterocycles. The maximum absolute atomic E-state index is 12.8. The van der Waals surface area contributed by atoms with Crippen LogP contribution in [0.4, 0.5) is 13.2 Å². The summed E-state index contributed by atoms with van der Waals surface area (Å²) in [6.45, 7) is 3.57. The molecule has 1 atom stereocenters. The first-order chi connectivity index (χ1) is 13.3. The van der Waals surface area contributed by atoms with Crippen LogP contribution in [-0.4, -0.2) is 34.5 Å². The van der Waals surface area contributed by atoms with E-state index in [2.05, 4.69) is 22.3 Å². The van der Waals surface area contributed by atoms with E-state index < -0.39 is 29.8 Å². The normalized spacial score (nSPS) is 15.7. The van der Waals surface area contributed by atoms with Gasteiger partial charge in [0.15, 0.2) is 0 Å². The standard InChI is InChI=1S/C20H22F3N3O2/c1-14(25-10-8-15-5-2-3-6-16(15)12-25)11-24-18(27)13-26-9-4-7-17(19(26)28)20(21,22)23/h2-7,9,14H,8,10-13H2,1H3,(H,24,27). The van der Waals surface area contributed by atoms with Gasteiger partial charge >= 0.3 is 6.18 Å². The molecule has 1 aromatic heterocycles. The Morgan fingerprint density at radius 1 is 1.18 bits per heavy atom. The number of benzene rings is 1. The minimum absolute atomic E-state index is 0.0653. The summed E-state index contributed by atoms with van der Waals surface area (Å²) >= 11 is 0. The molecule has 1 N–H and O–H groups in total. The number of fused-ring (bicyclic) bond motifs is 1. The number of amides is 1. The van der Waals surface area contributed by atoms with Crippen LogP contribution < -0.4 is 10.9 Å². The van der Waals surface area contributed by atoms with Crippen LogP contribution in [0.5, 0.6) is 0 Å². The fourth-order valence-corrected chi connectivity index (χ4v) is 3.37. The largest absolute Gasteiger partial charge is 0.421 e. The molecule has 1 aliphatic rings. The first-order valence-corrected chi connectivity index (χ1v) is 9.10. The van der Waals surface area contributed by atoms with Gasteiger partial charge in [-0.1, -0.05) is 24.3 Å². The highest BCUT2D eigenvalue weighted by Crippen LogP contribution is 2.26. The summed E-state index contributed by atoms with van der Waals surface area (Å²) in [7, 11) is 0. The lowest BCUT2D eigenvalue weighted by molar-refractivity contribution is -0.139. The van der Waals surface area contributed by atoms with E-state index in [1.165, 1.54) is 17.3 Å². The van der Waals surface area contributed by atoms with Crippen LogP contribution >= 0.6 is 0 Å². The van der Waals surface area contributed by atoms with Crippen molar-refractivity contribution in [3.63, 3.8) is 0 Å². The van der Waals surface area contributed by atoms with Crippen LogP contribution in [0.15, 0.2) is 47.4 Å². The van der Waals surface area contributed by atoms with Gasteiger partial charge in [-0.2, -0.15) is 13.2 Å². The van der Waals surface area contributed by atoms with E-state index in [-0.39, 0.29) is 6.04 Å². The Bertz CT molecular complexity index is 908. The van der Waals surface area contributed by atoms with Gasteiger partial charge in [-0.05, 0) is 36.6 Å². The summed E-state index contributed by atoms with van der Waals surface area (Å²) in [5.41, 5.74) is 0.107. The number of carbonyl (C=O) groups excluding carboxylic acids is 1. The second-order valence-corrected chi connectivity index (χ2v) is 6.99. The Hall–Kier alpha value is -2.61. The quantitative estimate of drug-likeness (QED) is 0.849. The SMILES string of the molecule is CC(CNC(=O)Cn1cccc(C(F)(F)F)c1=O)N1CCc2ccccc2C1. The topological polar surface area (TPSA) is 54.3 Å². The fraction of sp³-hybridized carbons (Fsp3) is 0.400. The summed E-state index contributed by atoms with van der Waals surface area (Å²) in [6, 6.07) is 10.1. The molecule has 0 saturated carbocycles. The number of pyridine rings is 1. The summed E-state index contributed by atoms with van der Waals surface area (Å²) in [6.07, 6.45) is -2.62. The van der Waals surface area contributed by atoms with Crippen LogP contribution in [-0.2, 0) is 30.5 Å². The molecule has 8 heteroatoms. The van der Waals surface area contributed by atoms with Gasteiger partial charge in [0.25, 0.3) is 5.56 Å². The van der Waals surface area contributed by atoms with E-state index in [9.17, 15) is 22.8 Å². The molecule has 1 amide bonds. The highest BCUT2D eigenvalue weighted by molar-refractivity contribution is 5.75. The Kier molecular flexibility index (Phi) is 5.88. The summed E-state index contributed by atoms with van der Waals surface area (Å²) in [5.74, 6) is -0.495. The van der Waals surface area contributed by atoms with Gasteiger partial charge in [-0.15, -0.1) is 0 Å². The number of aromatic nitrogens is 1. The molecule has 2 aromatic rings. The Morgan fingerprint density at radius 3 is 2.61 bits per heavy atom. The molecule has 28 heavy (non-hydrogen) atoms. The van der Waals surface area contributed by atoms with Crippen molar-refractivity contribution in [2.75, 3.05) is 13.1 Å². The third kappa shape index (κ3) is 4.62. The van der Waals surface area contributed by atoms with Gasteiger partial charge in [0, 0.05) is 31.9 Å². The first-order valence-electron chi connectivity index (χ1n) is 9.10. The van der Waals surface area contributed by atoms with Crippen LogP contribution in [0, 0.1) is 0 Å². The fourth-order valence-electron chi connectivity index (χ4n) is 3.37. The van der Waals surface area contributed by atoms with Gasteiger partial charge < -0.3 is 9.88 Å². The van der Waals surface area contributed by atoms with E-state index in [0.717, 1.165) is 30.1 Å². The molecule has 1 unspecified atom stereocenters. The number of nitrogens with zero attached hydrogens (tertiary/aromatic N) is 2. The average Bonchev–Trinajstić information content (AvgIpc) is 2.66. The van der Waals surface area contributed by atoms with Crippen molar-refractivity contribution in [1.82, 2.24) is 14.8 Å². The van der Waals surface area contributed by atoms with Crippen molar-refractivity contribution in [2.45, 2.75) is 38.7 Å². The summed E-state index contributed by atoms with van der Waals surface area (Å²) < 4.78 is 39.2. The van der Waals surface area contributed by atoms with Crippen molar-refractivity contribution < 1.29 is 18.0 Å². The second kappa shape index (κ2) is 8.18. The van der Waals surface area contributed by atoms with Crippen LogP contribution in [0.3, 0.4) is 0 Å². The van der Waals surface area contributed by atoms with Gasteiger partial charge in [0.05, 0.1) is 0 Å². The highest BCUT2D eigenvalue weighted by atomic mass is 19.4. The van der Waals surface area contributed by atoms with E-state index in [1.54, 1.807) is 0 Å². The van der Waals surface area contributed by atoms with Crippen molar-refractivity contribution in [2.24, 2.45) is 0 Å². The molecule has 0 aliphatic carbocycles. The number of carbonyl (C=O) groups is 1. The van der Waals surface area contributed by atoms with Gasteiger partial charge in [0.1, 0.15) is 12.1 Å². The van der Waals surface area contributed by atoms with Crippen LogP contribution in [0.25, 0.3) is 0 Å². The van der Waals surface area contributed by atoms with Gasteiger partial charge in [-0.3, -0.25) is 14.5 Å². The Balaban J connectivity index is 1.56. The lowest BCUT2D eigenvalue weighted by Gasteiger charge is -2.33. The molecule has 0 saturated heterocycles. The van der Waals surface area contributed by atoms with Crippen molar-refractivity contribution in [1.29, 1.82) is 0 Å². The molecule has 0 radical (unpaired) electrons. The predicted molar refractivity (Wildman–Crippen MR) is 98.7 cm³/mol. The molecule has 0 fully saturated rings. The molecule has 150 valence electrons. The van der Waals surface area contributed by atoms with E-state index >= 15 is 0 Å². The molecular weight excluding hydrogens is 371 g/mol. The van der Waals surface area contributed by atoms with Crippen molar-refractivity contribution >= 4 is 5.91 Å². The zero-order valence-corrected chi connectivity index (χ0v) is 15.5. The van der Waals surface area contributed by atoms with E-state index in [0.29, 0.717) is 12.6 Å². The van der Waals surface area contributed by atoms with Gasteiger partial charge in [-0.25, -0.2) is 0 Å². The second-order valence-electron chi connectivity index (χ2n) is 6.99. The molecule has 1 aromatic carbocycles. The third-order valence-corrected chi connectivity index (χ3v) is 5.02. The zero-order chi connectivity index (χ0) is 20.3. The number of hydrogen-bond donors (Lipinski definition) is 1. The van der Waals surface area contributed by atoms with Crippen molar-refractivity contribution in [3.8, 4) is 0 Å². The number of halogens is 3. The lowest BCUT2D eigenvalue weighted by Crippen LogP contribution is -2.45. The minimum atomic E-state index is -4.74. The summed E-state index contributed by atoms with van der Waals surface area (Å²) in [5, 5.41) is 2.72. The zero-order valence-electron chi connectivity index (χ0n) is 15.5. The van der Waals surface area contributed by atoms with E-state index in [4.69, 9.17) is 0 Å². The van der Waals surface area contributed by atoms with E-state index in [1.807, 2.05) is 19.1 Å². The predicted octanol–water partition coefficient (Wildman–Crippen LogP) is 2.43. The summed E-state index contributed by atoms with van der Waals surface area (Å²) in [4.78, 5) is 26.3. The maximum Gasteiger partial charge on any atom is 0.421 e. The molecule has 0 spiro atoms. The Morgan fingerprint density at radius 2 is 1.89 bits per heavy atom. The third-order valence-electron chi connectivity index (χ3n) is 5.02.